The highest BCUT2D eigenvalue weighted by Crippen LogP contribution is 2.37. The summed E-state index contributed by atoms with van der Waals surface area (Å²) in [4.78, 5) is 5.51. The van der Waals surface area contributed by atoms with E-state index in [1.54, 1.807) is 37.4 Å². The van der Waals surface area contributed by atoms with Gasteiger partial charge < -0.3 is 10.6 Å². The minimum atomic E-state index is -4.55. The molecule has 2 N–H and O–H groups in total. The first-order valence-electron chi connectivity index (χ1n) is 7.64. The van der Waals surface area contributed by atoms with Gasteiger partial charge in [-0.2, -0.15) is 13.2 Å². The van der Waals surface area contributed by atoms with Gasteiger partial charge in [0.25, 0.3) is 0 Å². The Bertz CT molecular complexity index is 905. The van der Waals surface area contributed by atoms with Gasteiger partial charge in [0.15, 0.2) is 0 Å². The summed E-state index contributed by atoms with van der Waals surface area (Å²) in [5, 5.41) is 0.180. The fourth-order valence-corrected chi connectivity index (χ4v) is 2.56. The second kappa shape index (κ2) is 8.50. The lowest BCUT2D eigenvalue weighted by Gasteiger charge is -2.20. The second-order valence-corrected chi connectivity index (χ2v) is 6.39. The monoisotopic (exact) mass is 413 g/mol. The zero-order valence-corrected chi connectivity index (χ0v) is 15.8. The Labute approximate surface area is 165 Å². The van der Waals surface area contributed by atoms with Gasteiger partial charge in [0, 0.05) is 29.7 Å². The van der Waals surface area contributed by atoms with E-state index in [2.05, 4.69) is 11.6 Å². The Balaban J connectivity index is 2.16. The van der Waals surface area contributed by atoms with Crippen LogP contribution in [0.4, 0.5) is 18.9 Å². The zero-order chi connectivity index (χ0) is 20.2. The van der Waals surface area contributed by atoms with Crippen LogP contribution in [0.5, 0.6) is 0 Å². The number of hydrogen-bond acceptors (Lipinski definition) is 3. The third kappa shape index (κ3) is 5.52. The van der Waals surface area contributed by atoms with Crippen LogP contribution in [-0.2, 0) is 6.18 Å². The minimum absolute atomic E-state index is 0.223. The lowest BCUT2D eigenvalue weighted by Crippen LogP contribution is -2.16. The van der Waals surface area contributed by atoms with E-state index < -0.39 is 11.7 Å². The van der Waals surface area contributed by atoms with Crippen LogP contribution in [0.15, 0.2) is 65.9 Å². The molecule has 0 radical (unpaired) electrons. The van der Waals surface area contributed by atoms with E-state index in [0.717, 1.165) is 11.6 Å². The fourth-order valence-electron chi connectivity index (χ4n) is 2.14. The van der Waals surface area contributed by atoms with Crippen LogP contribution in [0.2, 0.25) is 10.0 Å². The molecule has 0 saturated heterocycles. The first kappa shape index (κ1) is 20.9. The SMILES string of the molecule is C=C(/N=C\C=C(/N)c1cccc(Cl)c1)N(C)c1ccc(Cl)c(C(F)(F)F)c1. The largest absolute Gasteiger partial charge is 0.417 e. The van der Waals surface area contributed by atoms with Crippen molar-refractivity contribution in [3.63, 3.8) is 0 Å². The molecule has 0 spiro atoms. The predicted octanol–water partition coefficient (Wildman–Crippen LogP) is 5.99. The minimum Gasteiger partial charge on any atom is -0.398 e. The lowest BCUT2D eigenvalue weighted by atomic mass is 10.1. The molecule has 0 aliphatic heterocycles. The molecule has 8 heteroatoms. The maximum Gasteiger partial charge on any atom is 0.417 e. The van der Waals surface area contributed by atoms with Crippen molar-refractivity contribution in [3.8, 4) is 0 Å². The Kier molecular flexibility index (Phi) is 6.57. The summed E-state index contributed by atoms with van der Waals surface area (Å²) in [6.45, 7) is 3.75. The van der Waals surface area contributed by atoms with Gasteiger partial charge in [-0.15, -0.1) is 0 Å². The summed E-state index contributed by atoms with van der Waals surface area (Å²) in [6.07, 6.45) is -1.59. The van der Waals surface area contributed by atoms with Crippen molar-refractivity contribution in [2.45, 2.75) is 6.18 Å². The van der Waals surface area contributed by atoms with E-state index in [1.165, 1.54) is 23.2 Å². The molecule has 0 saturated carbocycles. The highest BCUT2D eigenvalue weighted by molar-refractivity contribution is 6.31. The van der Waals surface area contributed by atoms with Crippen LogP contribution >= 0.6 is 23.2 Å². The standard InChI is InChI=1S/C19H16Cl2F3N3/c1-12(26-9-8-18(25)13-4-3-5-14(20)10-13)27(2)15-6-7-17(21)16(11-15)19(22,23)24/h3-11H,1,25H2,2H3/b18-8-,26-9-. The molecule has 0 fully saturated rings. The number of nitrogens with two attached hydrogens (primary N) is 1. The number of anilines is 1. The van der Waals surface area contributed by atoms with Crippen molar-refractivity contribution in [2.75, 3.05) is 11.9 Å². The predicted molar refractivity (Wildman–Crippen MR) is 106 cm³/mol. The summed E-state index contributed by atoms with van der Waals surface area (Å²) in [5.41, 5.74) is 6.44. The van der Waals surface area contributed by atoms with Gasteiger partial charge in [-0.05, 0) is 42.0 Å². The Morgan fingerprint density at radius 1 is 1.19 bits per heavy atom. The number of benzene rings is 2. The van der Waals surface area contributed by atoms with E-state index in [4.69, 9.17) is 28.9 Å². The van der Waals surface area contributed by atoms with E-state index >= 15 is 0 Å². The molecule has 0 bridgehead atoms. The summed E-state index contributed by atoms with van der Waals surface area (Å²) in [7, 11) is 1.55. The third-order valence-electron chi connectivity index (χ3n) is 3.67. The van der Waals surface area contributed by atoms with Crippen LogP contribution in [0.3, 0.4) is 0 Å². The number of rotatable bonds is 5. The van der Waals surface area contributed by atoms with Crippen LogP contribution in [-0.4, -0.2) is 13.3 Å². The number of nitrogens with zero attached hydrogens (tertiary/aromatic N) is 2. The van der Waals surface area contributed by atoms with Crippen molar-refractivity contribution < 1.29 is 13.2 Å². The molecule has 3 nitrogen and oxygen atoms in total. The summed E-state index contributed by atoms with van der Waals surface area (Å²) in [5.74, 6) is 0.223. The third-order valence-corrected chi connectivity index (χ3v) is 4.23. The number of alkyl halides is 3. The van der Waals surface area contributed by atoms with Crippen molar-refractivity contribution in [1.29, 1.82) is 0 Å². The van der Waals surface area contributed by atoms with Gasteiger partial charge in [0.1, 0.15) is 5.82 Å². The van der Waals surface area contributed by atoms with Crippen molar-refractivity contribution in [2.24, 2.45) is 10.7 Å². The van der Waals surface area contributed by atoms with Crippen LogP contribution in [0.1, 0.15) is 11.1 Å². The summed E-state index contributed by atoms with van der Waals surface area (Å²) >= 11 is 11.5. The first-order chi connectivity index (χ1) is 12.6. The summed E-state index contributed by atoms with van der Waals surface area (Å²) in [6, 6.07) is 10.6. The molecule has 0 aromatic heterocycles. The molecular formula is C19H16Cl2F3N3. The Morgan fingerprint density at radius 2 is 1.89 bits per heavy atom. The van der Waals surface area contributed by atoms with Gasteiger partial charge >= 0.3 is 6.18 Å². The topological polar surface area (TPSA) is 41.6 Å². The first-order valence-corrected chi connectivity index (χ1v) is 8.40. The zero-order valence-electron chi connectivity index (χ0n) is 14.3. The quantitative estimate of drug-likeness (QED) is 0.611. The molecule has 142 valence electrons. The molecule has 0 amide bonds. The highest BCUT2D eigenvalue weighted by atomic mass is 35.5. The van der Waals surface area contributed by atoms with E-state index in [9.17, 15) is 13.2 Å². The molecule has 27 heavy (non-hydrogen) atoms. The number of hydrogen-bond donors (Lipinski definition) is 1. The van der Waals surface area contributed by atoms with Crippen LogP contribution in [0.25, 0.3) is 5.70 Å². The fraction of sp³-hybridized carbons (Fsp3) is 0.105. The van der Waals surface area contributed by atoms with Crippen LogP contribution in [0, 0.1) is 0 Å². The Hall–Kier alpha value is -2.44. The van der Waals surface area contributed by atoms with Crippen molar-refractivity contribution in [1.82, 2.24) is 0 Å². The second-order valence-electron chi connectivity index (χ2n) is 5.55. The average Bonchev–Trinajstić information content (AvgIpc) is 2.60. The average molecular weight is 414 g/mol. The highest BCUT2D eigenvalue weighted by Gasteiger charge is 2.33. The Morgan fingerprint density at radius 3 is 2.52 bits per heavy atom. The van der Waals surface area contributed by atoms with Crippen LogP contribution < -0.4 is 10.6 Å². The normalized spacial score (nSPS) is 12.4. The van der Waals surface area contributed by atoms with Gasteiger partial charge in [0.05, 0.1) is 10.6 Å². The summed E-state index contributed by atoms with van der Waals surface area (Å²) < 4.78 is 39.0. The smallest absolute Gasteiger partial charge is 0.398 e. The van der Waals surface area contributed by atoms with Crippen molar-refractivity contribution >= 4 is 40.8 Å². The molecule has 0 heterocycles. The van der Waals surface area contributed by atoms with E-state index in [0.29, 0.717) is 10.7 Å². The van der Waals surface area contributed by atoms with E-state index in [1.807, 2.05) is 0 Å². The van der Waals surface area contributed by atoms with Gasteiger partial charge in [-0.25, -0.2) is 4.99 Å². The maximum atomic E-state index is 13.0. The molecular weight excluding hydrogens is 398 g/mol. The maximum absolute atomic E-state index is 13.0. The number of allylic oxidation sites excluding steroid dienone is 1. The van der Waals surface area contributed by atoms with Gasteiger partial charge in [-0.1, -0.05) is 41.9 Å². The molecule has 0 atom stereocenters. The van der Waals surface area contributed by atoms with E-state index in [-0.39, 0.29) is 16.5 Å². The van der Waals surface area contributed by atoms with Gasteiger partial charge in [-0.3, -0.25) is 0 Å². The molecule has 0 unspecified atom stereocenters. The van der Waals surface area contributed by atoms with Gasteiger partial charge in [0.2, 0.25) is 0 Å². The molecule has 0 aliphatic carbocycles. The molecule has 2 rings (SSSR count). The molecule has 0 aliphatic rings. The van der Waals surface area contributed by atoms with Crippen molar-refractivity contribution in [3.05, 3.63) is 82.1 Å². The molecule has 2 aromatic carbocycles. The number of halogens is 5. The molecule has 2 aromatic rings. The number of aliphatic imine (C=N–C) groups is 1. The lowest BCUT2D eigenvalue weighted by molar-refractivity contribution is -0.137.